The van der Waals surface area contributed by atoms with Crippen LogP contribution in [0.1, 0.15) is 35.5 Å². The van der Waals surface area contributed by atoms with Crippen LogP contribution in [0.3, 0.4) is 0 Å². The van der Waals surface area contributed by atoms with Gasteiger partial charge in [0.05, 0.1) is 12.8 Å². The fourth-order valence-corrected chi connectivity index (χ4v) is 5.34. The van der Waals surface area contributed by atoms with E-state index in [1.54, 1.807) is 7.11 Å². The van der Waals surface area contributed by atoms with Crippen molar-refractivity contribution in [3.63, 3.8) is 0 Å². The SMILES string of the molecule is COc1ccc(N2CCN(c3c4c(nc5nc(Cc6ccc(Cl)cc6)nn35)CCCC4)CC2)cc1. The molecule has 1 aliphatic heterocycles. The molecular weight excluding hydrogens is 460 g/mol. The van der Waals surface area contributed by atoms with Crippen molar-refractivity contribution in [1.29, 1.82) is 0 Å². The molecule has 6 rings (SSSR count). The third-order valence-corrected chi connectivity index (χ3v) is 7.32. The Morgan fingerprint density at radius 3 is 2.31 bits per heavy atom. The zero-order valence-electron chi connectivity index (χ0n) is 20.0. The summed E-state index contributed by atoms with van der Waals surface area (Å²) in [5.41, 5.74) is 4.93. The Hall–Kier alpha value is -3.32. The molecule has 3 heterocycles. The first-order valence-electron chi connectivity index (χ1n) is 12.3. The number of aromatic nitrogens is 4. The Kier molecular flexibility index (Phi) is 5.94. The summed E-state index contributed by atoms with van der Waals surface area (Å²) in [7, 11) is 1.70. The molecule has 1 saturated heterocycles. The zero-order chi connectivity index (χ0) is 23.8. The molecule has 8 heteroatoms. The first kappa shape index (κ1) is 22.2. The van der Waals surface area contributed by atoms with E-state index < -0.39 is 0 Å². The van der Waals surface area contributed by atoms with Gasteiger partial charge in [-0.1, -0.05) is 23.7 Å². The highest BCUT2D eigenvalue weighted by atomic mass is 35.5. The highest BCUT2D eigenvalue weighted by molar-refractivity contribution is 6.30. The molecule has 0 atom stereocenters. The molecule has 7 nitrogen and oxygen atoms in total. The molecular formula is C27H29ClN6O. The molecule has 1 fully saturated rings. The van der Waals surface area contributed by atoms with E-state index in [9.17, 15) is 0 Å². The van der Waals surface area contributed by atoms with Gasteiger partial charge in [0.15, 0.2) is 5.82 Å². The van der Waals surface area contributed by atoms with Crippen molar-refractivity contribution in [2.75, 3.05) is 43.1 Å². The van der Waals surface area contributed by atoms with E-state index in [1.807, 2.05) is 40.9 Å². The summed E-state index contributed by atoms with van der Waals surface area (Å²) in [6, 6.07) is 16.2. The normalized spacial score (nSPS) is 15.9. The number of benzene rings is 2. The fourth-order valence-electron chi connectivity index (χ4n) is 5.22. The Morgan fingerprint density at radius 1 is 0.857 bits per heavy atom. The smallest absolute Gasteiger partial charge is 0.254 e. The van der Waals surface area contributed by atoms with Gasteiger partial charge in [0.1, 0.15) is 11.6 Å². The third-order valence-electron chi connectivity index (χ3n) is 7.07. The number of nitrogens with zero attached hydrogens (tertiary/aromatic N) is 6. The van der Waals surface area contributed by atoms with Gasteiger partial charge in [0, 0.05) is 48.9 Å². The van der Waals surface area contributed by atoms with E-state index in [1.165, 1.54) is 35.6 Å². The second-order valence-electron chi connectivity index (χ2n) is 9.28. The van der Waals surface area contributed by atoms with Crippen molar-refractivity contribution >= 4 is 28.9 Å². The van der Waals surface area contributed by atoms with Crippen molar-refractivity contribution < 1.29 is 4.74 Å². The predicted octanol–water partition coefficient (Wildman–Crippen LogP) is 4.58. The number of piperazine rings is 1. The Morgan fingerprint density at radius 2 is 1.57 bits per heavy atom. The summed E-state index contributed by atoms with van der Waals surface area (Å²) >= 11 is 6.06. The van der Waals surface area contributed by atoms with Crippen molar-refractivity contribution in [2.45, 2.75) is 32.1 Å². The molecule has 0 radical (unpaired) electrons. The van der Waals surface area contributed by atoms with Gasteiger partial charge in [-0.25, -0.2) is 4.98 Å². The molecule has 2 aromatic carbocycles. The molecule has 0 bridgehead atoms. The number of anilines is 2. The second kappa shape index (κ2) is 9.38. The summed E-state index contributed by atoms with van der Waals surface area (Å²) in [5.74, 6) is 3.58. The quantitative estimate of drug-likeness (QED) is 0.410. The lowest BCUT2D eigenvalue weighted by Crippen LogP contribution is -2.47. The average Bonchev–Trinajstić information content (AvgIpc) is 3.30. The van der Waals surface area contributed by atoms with Gasteiger partial charge in [-0.15, -0.1) is 5.10 Å². The molecule has 4 aromatic rings. The first-order chi connectivity index (χ1) is 17.2. The van der Waals surface area contributed by atoms with Crippen molar-refractivity contribution in [3.8, 4) is 5.75 Å². The van der Waals surface area contributed by atoms with Gasteiger partial charge in [0.2, 0.25) is 0 Å². The van der Waals surface area contributed by atoms with Crippen LogP contribution in [0.5, 0.6) is 5.75 Å². The number of fused-ring (bicyclic) bond motifs is 2. The average molecular weight is 489 g/mol. The van der Waals surface area contributed by atoms with Gasteiger partial charge in [-0.05, 0) is 67.6 Å². The van der Waals surface area contributed by atoms with Crippen LogP contribution in [-0.4, -0.2) is 52.9 Å². The van der Waals surface area contributed by atoms with Gasteiger partial charge in [-0.2, -0.15) is 9.50 Å². The number of aryl methyl sites for hydroxylation is 1. The Labute approximate surface area is 210 Å². The van der Waals surface area contributed by atoms with Crippen LogP contribution in [0.15, 0.2) is 48.5 Å². The lowest BCUT2D eigenvalue weighted by atomic mass is 9.96. The molecule has 1 aliphatic carbocycles. The van der Waals surface area contributed by atoms with Crippen LogP contribution in [0.4, 0.5) is 11.5 Å². The third kappa shape index (κ3) is 4.41. The lowest BCUT2D eigenvalue weighted by molar-refractivity contribution is 0.415. The second-order valence-corrected chi connectivity index (χ2v) is 9.72. The minimum absolute atomic E-state index is 0.663. The van der Waals surface area contributed by atoms with Crippen LogP contribution in [-0.2, 0) is 19.3 Å². The fraction of sp³-hybridized carbons (Fsp3) is 0.370. The number of rotatable bonds is 5. The lowest BCUT2D eigenvalue weighted by Gasteiger charge is -2.38. The maximum atomic E-state index is 6.06. The number of halogens is 1. The molecule has 0 spiro atoms. The zero-order valence-corrected chi connectivity index (χ0v) is 20.7. The van der Waals surface area contributed by atoms with Crippen LogP contribution in [0, 0.1) is 0 Å². The monoisotopic (exact) mass is 488 g/mol. The molecule has 2 aromatic heterocycles. The van der Waals surface area contributed by atoms with Gasteiger partial charge >= 0.3 is 0 Å². The van der Waals surface area contributed by atoms with Gasteiger partial charge in [0.25, 0.3) is 5.78 Å². The number of ether oxygens (including phenoxy) is 1. The number of hydrogen-bond donors (Lipinski definition) is 0. The van der Waals surface area contributed by atoms with Gasteiger partial charge < -0.3 is 14.5 Å². The summed E-state index contributed by atoms with van der Waals surface area (Å²) < 4.78 is 7.31. The topological polar surface area (TPSA) is 58.8 Å². The highest BCUT2D eigenvalue weighted by Gasteiger charge is 2.27. The minimum atomic E-state index is 0.663. The maximum Gasteiger partial charge on any atom is 0.254 e. The van der Waals surface area contributed by atoms with E-state index in [2.05, 4.69) is 21.9 Å². The van der Waals surface area contributed by atoms with Crippen molar-refractivity contribution in [3.05, 3.63) is 76.2 Å². The summed E-state index contributed by atoms with van der Waals surface area (Å²) in [6.07, 6.45) is 5.12. The van der Waals surface area contributed by atoms with Crippen LogP contribution in [0.25, 0.3) is 5.78 Å². The maximum absolute atomic E-state index is 6.06. The van der Waals surface area contributed by atoms with E-state index in [4.69, 9.17) is 31.4 Å². The van der Waals surface area contributed by atoms with Crippen molar-refractivity contribution in [1.82, 2.24) is 19.6 Å². The predicted molar refractivity (Wildman–Crippen MR) is 139 cm³/mol. The van der Waals surface area contributed by atoms with Crippen LogP contribution in [0.2, 0.25) is 5.02 Å². The standard InChI is InChI=1S/C27H29ClN6O/c1-35-22-12-10-21(11-13-22)32-14-16-33(17-15-32)26-23-4-2-3-5-24(23)29-27-30-25(31-34(26)27)18-19-6-8-20(28)9-7-19/h6-13H,2-5,14-18H2,1H3. The van der Waals surface area contributed by atoms with Crippen molar-refractivity contribution in [2.24, 2.45) is 0 Å². The summed E-state index contributed by atoms with van der Waals surface area (Å²) in [4.78, 5) is 14.7. The van der Waals surface area contributed by atoms with E-state index in [0.29, 0.717) is 12.2 Å². The Bertz CT molecular complexity index is 1330. The van der Waals surface area contributed by atoms with E-state index in [-0.39, 0.29) is 0 Å². The summed E-state index contributed by atoms with van der Waals surface area (Å²) in [5, 5.41) is 5.69. The largest absolute Gasteiger partial charge is 0.497 e. The molecule has 0 amide bonds. The first-order valence-corrected chi connectivity index (χ1v) is 12.7. The van der Waals surface area contributed by atoms with Crippen LogP contribution >= 0.6 is 11.6 Å². The molecule has 0 N–H and O–H groups in total. The molecule has 0 saturated carbocycles. The van der Waals surface area contributed by atoms with Crippen LogP contribution < -0.4 is 14.5 Å². The van der Waals surface area contributed by atoms with Gasteiger partial charge in [-0.3, -0.25) is 0 Å². The minimum Gasteiger partial charge on any atom is -0.497 e. The summed E-state index contributed by atoms with van der Waals surface area (Å²) in [6.45, 7) is 3.78. The molecule has 0 unspecified atom stereocenters. The Balaban J connectivity index is 1.30. The van der Waals surface area contributed by atoms with E-state index in [0.717, 1.165) is 61.2 Å². The number of hydrogen-bond acceptors (Lipinski definition) is 6. The molecule has 2 aliphatic rings. The molecule has 180 valence electrons. The number of methoxy groups -OCH3 is 1. The van der Waals surface area contributed by atoms with E-state index >= 15 is 0 Å². The molecule has 35 heavy (non-hydrogen) atoms. The highest BCUT2D eigenvalue weighted by Crippen LogP contribution is 2.31.